The molecule has 4 aromatic rings. The first-order valence-electron chi connectivity index (χ1n) is 15.6. The molecule has 3 aromatic carbocycles. The van der Waals surface area contributed by atoms with E-state index in [0.29, 0.717) is 61.2 Å². The normalized spacial score (nSPS) is 16.0. The molecule has 48 heavy (non-hydrogen) atoms. The molecule has 1 aliphatic carbocycles. The van der Waals surface area contributed by atoms with E-state index in [4.69, 9.17) is 18.9 Å². The zero-order valence-electron chi connectivity index (χ0n) is 26.3. The van der Waals surface area contributed by atoms with E-state index in [0.717, 1.165) is 0 Å². The predicted molar refractivity (Wildman–Crippen MR) is 168 cm³/mol. The summed E-state index contributed by atoms with van der Waals surface area (Å²) in [4.78, 5) is 32.1. The molecule has 2 aliphatic rings. The van der Waals surface area contributed by atoms with Gasteiger partial charge in [0.05, 0.1) is 37.8 Å². The number of ketones is 2. The van der Waals surface area contributed by atoms with E-state index in [1.54, 1.807) is 11.0 Å². The monoisotopic (exact) mass is 666 g/mol. The molecule has 0 spiro atoms. The molecule has 0 amide bonds. The number of Topliss-reactive ketones (excluding diaryl/α,β-unsaturated/α-hetero) is 2. The number of fused-ring (bicyclic) bond motifs is 1. The second kappa shape index (κ2) is 13.9. The number of rotatable bonds is 14. The molecular formula is C36H34F4N2O6. The number of hydrogen-bond donors (Lipinski definition) is 0. The number of benzene rings is 3. The highest BCUT2D eigenvalue weighted by Gasteiger charge is 2.54. The Balaban J connectivity index is 1.12. The van der Waals surface area contributed by atoms with Crippen LogP contribution in [0.3, 0.4) is 0 Å². The molecule has 6 rings (SSSR count). The number of alkyl halides is 2. The van der Waals surface area contributed by atoms with Crippen molar-refractivity contribution in [3.05, 3.63) is 89.6 Å². The third-order valence-electron chi connectivity index (χ3n) is 8.66. The topological polar surface area (TPSA) is 87.2 Å². The van der Waals surface area contributed by atoms with Crippen molar-refractivity contribution in [1.82, 2.24) is 9.88 Å². The number of halogens is 4. The van der Waals surface area contributed by atoms with Gasteiger partial charge in [-0.3, -0.25) is 19.5 Å². The maximum absolute atomic E-state index is 15.3. The van der Waals surface area contributed by atoms with Crippen LogP contribution in [0.4, 0.5) is 17.6 Å². The quantitative estimate of drug-likeness (QED) is 0.114. The van der Waals surface area contributed by atoms with Gasteiger partial charge in [-0.2, -0.15) is 0 Å². The summed E-state index contributed by atoms with van der Waals surface area (Å²) >= 11 is 0. The largest absolute Gasteiger partial charge is 0.493 e. The van der Waals surface area contributed by atoms with Crippen LogP contribution in [-0.2, 0) is 27.2 Å². The number of carbonyl (C=O) groups excluding carboxylic acids is 2. The molecule has 252 valence electrons. The summed E-state index contributed by atoms with van der Waals surface area (Å²) in [6.45, 7) is 0.325. The van der Waals surface area contributed by atoms with Gasteiger partial charge in [0.15, 0.2) is 41.2 Å². The highest BCUT2D eigenvalue weighted by atomic mass is 19.3. The Bertz CT molecular complexity index is 1810. The van der Waals surface area contributed by atoms with E-state index < -0.39 is 36.1 Å². The summed E-state index contributed by atoms with van der Waals surface area (Å²) in [5.41, 5.74) is 0.261. The third kappa shape index (κ3) is 7.60. The van der Waals surface area contributed by atoms with Gasteiger partial charge in [-0.1, -0.05) is 18.2 Å². The van der Waals surface area contributed by atoms with Crippen LogP contribution in [0.2, 0.25) is 0 Å². The minimum Gasteiger partial charge on any atom is -0.493 e. The lowest BCUT2D eigenvalue weighted by molar-refractivity contribution is -0.133. The van der Waals surface area contributed by atoms with Crippen molar-refractivity contribution in [3.63, 3.8) is 0 Å². The summed E-state index contributed by atoms with van der Waals surface area (Å²) in [7, 11) is 1.37. The lowest BCUT2D eigenvalue weighted by Gasteiger charge is -2.30. The molecule has 12 heteroatoms. The summed E-state index contributed by atoms with van der Waals surface area (Å²) < 4.78 is 80.0. The molecule has 1 aliphatic heterocycles. The van der Waals surface area contributed by atoms with Crippen molar-refractivity contribution < 1.29 is 46.1 Å². The first kappa shape index (κ1) is 33.4. The van der Waals surface area contributed by atoms with Gasteiger partial charge >= 0.3 is 0 Å². The first-order valence-corrected chi connectivity index (χ1v) is 15.6. The molecule has 2 heterocycles. The molecule has 0 atom stereocenters. The number of ether oxygens (including phenoxy) is 4. The molecule has 1 saturated heterocycles. The number of morpholine rings is 1. The van der Waals surface area contributed by atoms with Crippen LogP contribution < -0.4 is 14.2 Å². The molecule has 1 aromatic heterocycles. The predicted octanol–water partition coefficient (Wildman–Crippen LogP) is 6.36. The zero-order chi connectivity index (χ0) is 33.9. The summed E-state index contributed by atoms with van der Waals surface area (Å²) in [5.74, 6) is -4.41. The SMILES string of the molecule is COc1cc2c(Oc3ccc(CC(=O)C4(C(=O)Cc5ccc(F)cc5)CC4)cc3F)ccnc2cc1OCC(F)(F)CN1CCOCC1. The minimum atomic E-state index is -3.12. The molecule has 1 saturated carbocycles. The van der Waals surface area contributed by atoms with E-state index in [-0.39, 0.29) is 47.4 Å². The second-order valence-corrected chi connectivity index (χ2v) is 12.1. The van der Waals surface area contributed by atoms with Gasteiger partial charge in [0.25, 0.3) is 5.92 Å². The van der Waals surface area contributed by atoms with E-state index in [2.05, 4.69) is 4.98 Å². The Hall–Kier alpha value is -4.55. The third-order valence-corrected chi connectivity index (χ3v) is 8.66. The Morgan fingerprint density at radius 2 is 1.56 bits per heavy atom. The molecule has 2 fully saturated rings. The highest BCUT2D eigenvalue weighted by Crippen LogP contribution is 2.49. The standard InChI is InChI=1S/C36H34F4N2O6/c1-45-31-19-26-28(20-32(31)47-22-36(39,40)21-42-12-14-46-15-13-42)41-11-8-29(26)48-30-7-4-24(16-27(30)38)18-34(44)35(9-10-35)33(43)17-23-2-5-25(37)6-3-23/h2-8,11,16,19-20H,9-10,12-15,17-18,21-22H2,1H3. The van der Waals surface area contributed by atoms with E-state index in [1.807, 2.05) is 0 Å². The summed E-state index contributed by atoms with van der Waals surface area (Å²) in [6, 6.07) is 14.2. The van der Waals surface area contributed by atoms with Crippen LogP contribution in [0.15, 0.2) is 66.9 Å². The van der Waals surface area contributed by atoms with Crippen molar-refractivity contribution in [1.29, 1.82) is 0 Å². The van der Waals surface area contributed by atoms with Crippen molar-refractivity contribution in [2.75, 3.05) is 46.6 Å². The summed E-state index contributed by atoms with van der Waals surface area (Å²) in [6.07, 6.45) is 2.18. The van der Waals surface area contributed by atoms with Gasteiger partial charge < -0.3 is 18.9 Å². The van der Waals surface area contributed by atoms with Crippen LogP contribution in [-0.4, -0.2) is 73.9 Å². The molecule has 8 nitrogen and oxygen atoms in total. The molecule has 0 radical (unpaired) electrons. The van der Waals surface area contributed by atoms with Crippen molar-refractivity contribution in [3.8, 4) is 23.0 Å². The number of pyridine rings is 1. The number of carbonyl (C=O) groups is 2. The first-order chi connectivity index (χ1) is 23.0. The average Bonchev–Trinajstić information content (AvgIpc) is 3.89. The number of aromatic nitrogens is 1. The lowest BCUT2D eigenvalue weighted by atomic mass is 9.88. The Morgan fingerprint density at radius 3 is 2.23 bits per heavy atom. The molecular weight excluding hydrogens is 632 g/mol. The van der Waals surface area contributed by atoms with Crippen molar-refractivity contribution in [2.45, 2.75) is 31.6 Å². The molecule has 0 N–H and O–H groups in total. The van der Waals surface area contributed by atoms with Crippen LogP contribution in [0.5, 0.6) is 23.0 Å². The second-order valence-electron chi connectivity index (χ2n) is 12.1. The maximum atomic E-state index is 15.3. The van der Waals surface area contributed by atoms with Crippen LogP contribution in [0.25, 0.3) is 10.9 Å². The van der Waals surface area contributed by atoms with Gasteiger partial charge in [0, 0.05) is 43.6 Å². The Kier molecular flexibility index (Phi) is 9.66. The molecule has 0 bridgehead atoms. The fourth-order valence-corrected chi connectivity index (χ4v) is 5.81. The van der Waals surface area contributed by atoms with Gasteiger partial charge in [0.2, 0.25) is 0 Å². The highest BCUT2D eigenvalue weighted by molar-refractivity contribution is 6.11. The van der Waals surface area contributed by atoms with Crippen molar-refractivity contribution >= 4 is 22.5 Å². The Morgan fingerprint density at radius 1 is 0.875 bits per heavy atom. The number of hydrogen-bond acceptors (Lipinski definition) is 8. The van der Waals surface area contributed by atoms with Gasteiger partial charge in [0.1, 0.15) is 11.6 Å². The van der Waals surface area contributed by atoms with Gasteiger partial charge in [-0.15, -0.1) is 0 Å². The van der Waals surface area contributed by atoms with Crippen LogP contribution in [0.1, 0.15) is 24.0 Å². The zero-order valence-corrected chi connectivity index (χ0v) is 26.3. The van der Waals surface area contributed by atoms with Crippen LogP contribution >= 0.6 is 0 Å². The fraction of sp³-hybridized carbons (Fsp3) is 0.361. The Labute approximate surface area is 274 Å². The van der Waals surface area contributed by atoms with E-state index >= 15 is 4.39 Å². The lowest BCUT2D eigenvalue weighted by Crippen LogP contribution is -2.45. The van der Waals surface area contributed by atoms with Gasteiger partial charge in [-0.25, -0.2) is 17.6 Å². The molecule has 0 unspecified atom stereocenters. The van der Waals surface area contributed by atoms with Gasteiger partial charge in [-0.05, 0) is 60.4 Å². The van der Waals surface area contributed by atoms with E-state index in [1.165, 1.54) is 67.9 Å². The number of methoxy groups -OCH3 is 1. The average molecular weight is 667 g/mol. The maximum Gasteiger partial charge on any atom is 0.293 e. The summed E-state index contributed by atoms with van der Waals surface area (Å²) in [5, 5.41) is 0.427. The van der Waals surface area contributed by atoms with Crippen LogP contribution in [0, 0.1) is 17.0 Å². The minimum absolute atomic E-state index is 0.0207. The van der Waals surface area contributed by atoms with Crippen molar-refractivity contribution in [2.24, 2.45) is 5.41 Å². The smallest absolute Gasteiger partial charge is 0.293 e. The number of nitrogens with zero attached hydrogens (tertiary/aromatic N) is 2. The van der Waals surface area contributed by atoms with E-state index in [9.17, 15) is 22.8 Å². The fourth-order valence-electron chi connectivity index (χ4n) is 5.81.